The van der Waals surface area contributed by atoms with Crippen LogP contribution in [0.5, 0.6) is 0 Å². The second kappa shape index (κ2) is 6.04. The van der Waals surface area contributed by atoms with Crippen molar-refractivity contribution in [3.8, 4) is 0 Å². The number of rotatable bonds is 1. The van der Waals surface area contributed by atoms with Crippen molar-refractivity contribution in [1.82, 2.24) is 0 Å². The molecule has 0 bridgehead atoms. The SMILES string of the molecule is CC.COC(=O)C1CCCC1C. The van der Waals surface area contributed by atoms with Crippen LogP contribution in [0.25, 0.3) is 0 Å². The standard InChI is InChI=1S/C8H14O2.C2H6/c1-6-4-3-5-7(6)8(9)10-2;1-2/h6-7H,3-5H2,1-2H3;1-2H3. The third kappa shape index (κ3) is 2.84. The maximum atomic E-state index is 11.0. The number of carbonyl (C=O) groups is 1. The lowest BCUT2D eigenvalue weighted by Gasteiger charge is -2.11. The minimum absolute atomic E-state index is 0.0231. The highest BCUT2D eigenvalue weighted by molar-refractivity contribution is 5.72. The first kappa shape index (κ1) is 11.5. The fourth-order valence-corrected chi connectivity index (χ4v) is 1.65. The maximum absolute atomic E-state index is 11.0. The zero-order valence-electron chi connectivity index (χ0n) is 8.59. The molecule has 0 aliphatic heterocycles. The van der Waals surface area contributed by atoms with Gasteiger partial charge in [-0.1, -0.05) is 27.2 Å². The van der Waals surface area contributed by atoms with E-state index >= 15 is 0 Å². The molecule has 0 N–H and O–H groups in total. The Morgan fingerprint density at radius 1 is 1.33 bits per heavy atom. The van der Waals surface area contributed by atoms with Gasteiger partial charge in [-0.2, -0.15) is 0 Å². The highest BCUT2D eigenvalue weighted by Gasteiger charge is 2.30. The summed E-state index contributed by atoms with van der Waals surface area (Å²) in [5.41, 5.74) is 0. The molecule has 1 aliphatic carbocycles. The smallest absolute Gasteiger partial charge is 0.308 e. The first-order valence-corrected chi connectivity index (χ1v) is 4.83. The molecular formula is C10H20O2. The zero-order valence-corrected chi connectivity index (χ0v) is 8.59. The lowest BCUT2D eigenvalue weighted by Crippen LogP contribution is -2.17. The molecule has 0 aromatic heterocycles. The van der Waals surface area contributed by atoms with E-state index < -0.39 is 0 Å². The summed E-state index contributed by atoms with van der Waals surface area (Å²) in [7, 11) is 1.47. The fraction of sp³-hybridized carbons (Fsp3) is 0.900. The van der Waals surface area contributed by atoms with E-state index in [0.717, 1.165) is 6.42 Å². The fourth-order valence-electron chi connectivity index (χ4n) is 1.65. The minimum Gasteiger partial charge on any atom is -0.469 e. The molecule has 1 saturated carbocycles. The van der Waals surface area contributed by atoms with Gasteiger partial charge in [0.1, 0.15) is 0 Å². The van der Waals surface area contributed by atoms with Gasteiger partial charge in [0, 0.05) is 0 Å². The average molecular weight is 172 g/mol. The number of hydrogen-bond acceptors (Lipinski definition) is 2. The summed E-state index contributed by atoms with van der Waals surface area (Å²) in [5.74, 6) is 0.697. The summed E-state index contributed by atoms with van der Waals surface area (Å²) in [5, 5.41) is 0. The van der Waals surface area contributed by atoms with Gasteiger partial charge in [-0.05, 0) is 18.8 Å². The Morgan fingerprint density at radius 3 is 2.25 bits per heavy atom. The van der Waals surface area contributed by atoms with Crippen LogP contribution >= 0.6 is 0 Å². The largest absolute Gasteiger partial charge is 0.469 e. The van der Waals surface area contributed by atoms with Crippen LogP contribution < -0.4 is 0 Å². The number of methoxy groups -OCH3 is 1. The van der Waals surface area contributed by atoms with Crippen LogP contribution in [0.3, 0.4) is 0 Å². The molecule has 0 radical (unpaired) electrons. The lowest BCUT2D eigenvalue weighted by atomic mass is 9.99. The predicted octanol–water partition coefficient (Wildman–Crippen LogP) is 2.62. The van der Waals surface area contributed by atoms with Crippen molar-refractivity contribution in [3.05, 3.63) is 0 Å². The molecule has 2 heteroatoms. The molecule has 2 unspecified atom stereocenters. The van der Waals surface area contributed by atoms with Crippen LogP contribution in [0.15, 0.2) is 0 Å². The van der Waals surface area contributed by atoms with Gasteiger partial charge in [0.25, 0.3) is 0 Å². The van der Waals surface area contributed by atoms with Gasteiger partial charge in [0.05, 0.1) is 13.0 Å². The summed E-state index contributed by atoms with van der Waals surface area (Å²) in [6, 6.07) is 0. The Hall–Kier alpha value is -0.530. The van der Waals surface area contributed by atoms with Crippen molar-refractivity contribution < 1.29 is 9.53 Å². The van der Waals surface area contributed by atoms with Crippen molar-refractivity contribution in [3.63, 3.8) is 0 Å². The molecular weight excluding hydrogens is 152 g/mol. The Balaban J connectivity index is 0.000000561. The Labute approximate surface area is 75.3 Å². The molecule has 0 aromatic carbocycles. The molecule has 0 spiro atoms. The van der Waals surface area contributed by atoms with E-state index in [2.05, 4.69) is 11.7 Å². The molecule has 12 heavy (non-hydrogen) atoms. The Bertz CT molecular complexity index is 132. The zero-order chi connectivity index (χ0) is 9.56. The first-order valence-electron chi connectivity index (χ1n) is 4.83. The monoisotopic (exact) mass is 172 g/mol. The molecule has 1 aliphatic rings. The van der Waals surface area contributed by atoms with E-state index in [9.17, 15) is 4.79 Å². The van der Waals surface area contributed by atoms with Gasteiger partial charge < -0.3 is 4.74 Å². The lowest BCUT2D eigenvalue weighted by molar-refractivity contribution is -0.146. The van der Waals surface area contributed by atoms with Crippen LogP contribution in [0.4, 0.5) is 0 Å². The van der Waals surface area contributed by atoms with E-state index in [1.807, 2.05) is 13.8 Å². The molecule has 1 rings (SSSR count). The molecule has 0 amide bonds. The molecule has 1 fully saturated rings. The van der Waals surface area contributed by atoms with Crippen molar-refractivity contribution in [2.24, 2.45) is 11.8 Å². The third-order valence-corrected chi connectivity index (χ3v) is 2.37. The van der Waals surface area contributed by atoms with Crippen molar-refractivity contribution in [1.29, 1.82) is 0 Å². The Morgan fingerprint density at radius 2 is 1.92 bits per heavy atom. The maximum Gasteiger partial charge on any atom is 0.308 e. The molecule has 72 valence electrons. The number of carbonyl (C=O) groups excluding carboxylic acids is 1. The summed E-state index contributed by atoms with van der Waals surface area (Å²) in [6.07, 6.45) is 3.38. The number of esters is 1. The van der Waals surface area contributed by atoms with Gasteiger partial charge in [0.2, 0.25) is 0 Å². The molecule has 2 nitrogen and oxygen atoms in total. The van der Waals surface area contributed by atoms with E-state index in [4.69, 9.17) is 0 Å². The summed E-state index contributed by atoms with van der Waals surface area (Å²) >= 11 is 0. The van der Waals surface area contributed by atoms with Gasteiger partial charge in [-0.25, -0.2) is 0 Å². The van der Waals surface area contributed by atoms with Gasteiger partial charge in [0.15, 0.2) is 0 Å². The van der Waals surface area contributed by atoms with Crippen LogP contribution in [0.1, 0.15) is 40.0 Å². The summed E-state index contributed by atoms with van der Waals surface area (Å²) in [4.78, 5) is 11.0. The summed E-state index contributed by atoms with van der Waals surface area (Å²) in [6.45, 7) is 6.12. The van der Waals surface area contributed by atoms with E-state index in [1.54, 1.807) is 0 Å². The average Bonchev–Trinajstić information content (AvgIpc) is 2.54. The van der Waals surface area contributed by atoms with E-state index in [-0.39, 0.29) is 11.9 Å². The predicted molar refractivity (Wildman–Crippen MR) is 49.9 cm³/mol. The van der Waals surface area contributed by atoms with Crippen LogP contribution in [0.2, 0.25) is 0 Å². The quantitative estimate of drug-likeness (QED) is 0.568. The van der Waals surface area contributed by atoms with Crippen LogP contribution in [0, 0.1) is 11.8 Å². The molecule has 0 saturated heterocycles. The highest BCUT2D eigenvalue weighted by atomic mass is 16.5. The number of ether oxygens (including phenoxy) is 1. The van der Waals surface area contributed by atoms with E-state index in [1.165, 1.54) is 20.0 Å². The Kier molecular flexibility index (Phi) is 5.77. The van der Waals surface area contributed by atoms with Crippen LogP contribution in [-0.4, -0.2) is 13.1 Å². The number of hydrogen-bond donors (Lipinski definition) is 0. The van der Waals surface area contributed by atoms with Crippen LogP contribution in [-0.2, 0) is 9.53 Å². The minimum atomic E-state index is -0.0231. The first-order chi connectivity index (χ1) is 5.75. The van der Waals surface area contributed by atoms with Gasteiger partial charge in [-0.3, -0.25) is 4.79 Å². The second-order valence-electron chi connectivity index (χ2n) is 3.04. The van der Waals surface area contributed by atoms with Crippen molar-refractivity contribution in [2.75, 3.05) is 7.11 Å². The normalized spacial score (nSPS) is 27.3. The van der Waals surface area contributed by atoms with Crippen molar-refractivity contribution in [2.45, 2.75) is 40.0 Å². The second-order valence-corrected chi connectivity index (χ2v) is 3.04. The third-order valence-electron chi connectivity index (χ3n) is 2.37. The topological polar surface area (TPSA) is 26.3 Å². The molecule has 2 atom stereocenters. The van der Waals surface area contributed by atoms with Gasteiger partial charge in [-0.15, -0.1) is 0 Å². The summed E-state index contributed by atoms with van der Waals surface area (Å²) < 4.78 is 4.67. The molecule has 0 heterocycles. The highest BCUT2D eigenvalue weighted by Crippen LogP contribution is 2.31. The van der Waals surface area contributed by atoms with E-state index in [0.29, 0.717) is 5.92 Å². The molecule has 0 aromatic rings. The van der Waals surface area contributed by atoms with Gasteiger partial charge >= 0.3 is 5.97 Å². The van der Waals surface area contributed by atoms with Crippen molar-refractivity contribution >= 4 is 5.97 Å².